The number of carboxylic acid groups (broad SMARTS) is 1. The summed E-state index contributed by atoms with van der Waals surface area (Å²) in [5.41, 5.74) is 1.33. The van der Waals surface area contributed by atoms with Gasteiger partial charge in [-0.2, -0.15) is 0 Å². The smallest absolute Gasteiger partial charge is 0.308 e. The molecule has 1 unspecified atom stereocenters. The number of benzene rings is 2. The minimum Gasteiger partial charge on any atom is -0.497 e. The van der Waals surface area contributed by atoms with Crippen molar-refractivity contribution in [3.63, 3.8) is 0 Å². The van der Waals surface area contributed by atoms with E-state index in [0.29, 0.717) is 38.4 Å². The van der Waals surface area contributed by atoms with Crippen LogP contribution in [-0.4, -0.2) is 66.6 Å². The number of nitrogens with zero attached hydrogens (tertiary/aromatic N) is 2. The van der Waals surface area contributed by atoms with Crippen molar-refractivity contribution in [2.45, 2.75) is 45.4 Å². The number of methoxy groups -OCH3 is 1. The normalized spacial score (nSPS) is 17.8. The van der Waals surface area contributed by atoms with Gasteiger partial charge in [-0.05, 0) is 92.1 Å². The molecule has 1 atom stereocenters. The van der Waals surface area contributed by atoms with Crippen molar-refractivity contribution in [2.75, 3.05) is 39.8 Å². The first-order valence-electron chi connectivity index (χ1n) is 14.0. The van der Waals surface area contributed by atoms with Gasteiger partial charge in [0.2, 0.25) is 5.91 Å². The molecule has 1 amide bonds. The molecule has 2 heterocycles. The third kappa shape index (κ3) is 8.10. The quantitative estimate of drug-likeness (QED) is 0.318. The highest BCUT2D eigenvalue weighted by Gasteiger charge is 2.34. The molecule has 0 aliphatic carbocycles. The average Bonchev–Trinajstić information content (AvgIpc) is 2.98. The van der Waals surface area contributed by atoms with Crippen molar-refractivity contribution in [3.8, 4) is 5.75 Å². The molecular weight excluding hydrogens is 521 g/mol. The lowest BCUT2D eigenvalue weighted by molar-refractivity contribution is -0.145. The fourth-order valence-corrected chi connectivity index (χ4v) is 5.50. The van der Waals surface area contributed by atoms with Crippen LogP contribution in [0.25, 0.3) is 6.08 Å². The molecule has 0 spiro atoms. The predicted molar refractivity (Wildman–Crippen MR) is 149 cm³/mol. The molecule has 2 aromatic carbocycles. The summed E-state index contributed by atoms with van der Waals surface area (Å²) >= 11 is 0. The zero-order chi connectivity index (χ0) is 29.2. The lowest BCUT2D eigenvalue weighted by atomic mass is 9.83. The summed E-state index contributed by atoms with van der Waals surface area (Å²) in [6, 6.07) is 9.78. The Hall–Kier alpha value is -3.33. The van der Waals surface area contributed by atoms with Crippen LogP contribution in [0.2, 0.25) is 0 Å². The molecule has 2 aromatic rings. The number of carbonyl (C=O) groups excluding carboxylic acids is 1. The number of halogens is 3. The Morgan fingerprint density at radius 1 is 0.975 bits per heavy atom. The lowest BCUT2D eigenvalue weighted by Crippen LogP contribution is -2.45. The van der Waals surface area contributed by atoms with Crippen molar-refractivity contribution in [2.24, 2.45) is 11.8 Å². The number of carbonyl (C=O) groups is 2. The van der Waals surface area contributed by atoms with Crippen molar-refractivity contribution in [1.82, 2.24) is 9.80 Å². The molecule has 2 fully saturated rings. The number of piperidine rings is 2. The second-order valence-corrected chi connectivity index (χ2v) is 10.1. The van der Waals surface area contributed by atoms with Crippen LogP contribution in [0.15, 0.2) is 42.5 Å². The van der Waals surface area contributed by atoms with Gasteiger partial charge < -0.3 is 19.6 Å². The van der Waals surface area contributed by atoms with E-state index >= 15 is 0 Å². The van der Waals surface area contributed by atoms with Gasteiger partial charge in [0.25, 0.3) is 0 Å². The minimum atomic E-state index is -1.55. The first-order valence-corrected chi connectivity index (χ1v) is 14.0. The zero-order valence-corrected chi connectivity index (χ0v) is 23.4. The highest BCUT2D eigenvalue weighted by Crippen LogP contribution is 2.32. The van der Waals surface area contributed by atoms with E-state index in [4.69, 9.17) is 4.74 Å². The number of likely N-dealkylation sites (tertiary alicyclic amines) is 2. The van der Waals surface area contributed by atoms with E-state index in [1.54, 1.807) is 12.0 Å². The molecule has 0 saturated carbocycles. The maximum absolute atomic E-state index is 13.4. The molecule has 2 saturated heterocycles. The van der Waals surface area contributed by atoms with Gasteiger partial charge in [0.1, 0.15) is 5.75 Å². The number of amides is 1. The number of hydrogen-bond donors (Lipinski definition) is 1. The van der Waals surface area contributed by atoms with Gasteiger partial charge in [0.15, 0.2) is 17.5 Å². The number of aliphatic carboxylic acids is 1. The van der Waals surface area contributed by atoms with Gasteiger partial charge in [0, 0.05) is 25.7 Å². The Morgan fingerprint density at radius 3 is 2.08 bits per heavy atom. The van der Waals surface area contributed by atoms with E-state index in [9.17, 15) is 27.9 Å². The molecule has 6 nitrogen and oxygen atoms in total. The molecule has 1 N–H and O–H groups in total. The third-order valence-corrected chi connectivity index (χ3v) is 7.79. The van der Waals surface area contributed by atoms with Gasteiger partial charge in [-0.15, -0.1) is 0 Å². The summed E-state index contributed by atoms with van der Waals surface area (Å²) in [7, 11) is 1.65. The van der Waals surface area contributed by atoms with E-state index in [2.05, 4.69) is 17.0 Å². The minimum absolute atomic E-state index is 0.0415. The summed E-state index contributed by atoms with van der Waals surface area (Å²) < 4.78 is 45.1. The molecule has 0 aromatic heterocycles. The maximum Gasteiger partial charge on any atom is 0.308 e. The van der Waals surface area contributed by atoms with Crippen LogP contribution < -0.4 is 4.74 Å². The average molecular weight is 561 g/mol. The Kier molecular flexibility index (Phi) is 11.6. The molecule has 40 heavy (non-hydrogen) atoms. The van der Waals surface area contributed by atoms with Crippen molar-refractivity contribution in [3.05, 3.63) is 71.1 Å². The summed E-state index contributed by atoms with van der Waals surface area (Å²) in [5, 5.41) is 9.97. The van der Waals surface area contributed by atoms with Gasteiger partial charge in [-0.3, -0.25) is 9.59 Å². The highest BCUT2D eigenvalue weighted by molar-refractivity contribution is 5.91. The number of ether oxygens (including phenoxy) is 1. The molecular formula is C31H39F3N2O4. The topological polar surface area (TPSA) is 70.1 Å². The second kappa shape index (κ2) is 14.9. The van der Waals surface area contributed by atoms with Crippen molar-refractivity contribution in [1.29, 1.82) is 0 Å². The standard InChI is InChI=1S/C29H33F3N2O4.C2H6/c1-38-23-5-3-20(4-6-23)21-8-12-33(13-9-21)18-24(29(36)37)22-10-14-34(15-11-22)27(35)7-2-19-16-25(30)28(32)26(31)17-19;1-2/h2-7,16-17,21-22,24H,8-15,18H2,1H3,(H,36,37);1-2H3/b7-2+;. The van der Waals surface area contributed by atoms with Crippen LogP contribution in [0.3, 0.4) is 0 Å². The van der Waals surface area contributed by atoms with Gasteiger partial charge in [0.05, 0.1) is 13.0 Å². The summed E-state index contributed by atoms with van der Waals surface area (Å²) in [4.78, 5) is 28.6. The van der Waals surface area contributed by atoms with Crippen LogP contribution in [0.1, 0.15) is 56.6 Å². The van der Waals surface area contributed by atoms with Crippen LogP contribution in [-0.2, 0) is 9.59 Å². The molecule has 9 heteroatoms. The highest BCUT2D eigenvalue weighted by atomic mass is 19.2. The monoisotopic (exact) mass is 560 g/mol. The van der Waals surface area contributed by atoms with Gasteiger partial charge >= 0.3 is 5.97 Å². The largest absolute Gasteiger partial charge is 0.497 e. The molecule has 218 valence electrons. The van der Waals surface area contributed by atoms with Crippen LogP contribution in [0.5, 0.6) is 5.75 Å². The fourth-order valence-electron chi connectivity index (χ4n) is 5.50. The lowest BCUT2D eigenvalue weighted by Gasteiger charge is -2.38. The van der Waals surface area contributed by atoms with E-state index in [1.807, 2.05) is 26.0 Å². The van der Waals surface area contributed by atoms with Crippen LogP contribution in [0.4, 0.5) is 13.2 Å². The summed E-state index contributed by atoms with van der Waals surface area (Å²) in [6.07, 6.45) is 5.53. The third-order valence-electron chi connectivity index (χ3n) is 7.79. The first kappa shape index (κ1) is 31.2. The molecule has 2 aliphatic heterocycles. The van der Waals surface area contributed by atoms with Crippen molar-refractivity contribution < 1.29 is 32.6 Å². The first-order chi connectivity index (χ1) is 19.2. The van der Waals surface area contributed by atoms with Crippen molar-refractivity contribution >= 4 is 18.0 Å². The van der Waals surface area contributed by atoms with Gasteiger partial charge in [-0.25, -0.2) is 13.2 Å². The maximum atomic E-state index is 13.4. The summed E-state index contributed by atoms with van der Waals surface area (Å²) in [5.74, 6) is -4.60. The van der Waals surface area contributed by atoms with Gasteiger partial charge in [-0.1, -0.05) is 26.0 Å². The number of hydrogen-bond acceptors (Lipinski definition) is 4. The van der Waals surface area contributed by atoms with E-state index in [-0.39, 0.29) is 17.4 Å². The van der Waals surface area contributed by atoms with Crippen LogP contribution >= 0.6 is 0 Å². The summed E-state index contributed by atoms with van der Waals surface area (Å²) in [6.45, 7) is 6.98. The molecule has 0 bridgehead atoms. The SMILES string of the molecule is CC.COc1ccc(C2CCN(CC(C(=O)O)C3CCN(C(=O)/C=C/c4cc(F)c(F)c(F)c4)CC3)CC2)cc1. The number of carboxylic acids is 1. The Morgan fingerprint density at radius 2 is 1.55 bits per heavy atom. The fraction of sp³-hybridized carbons (Fsp3) is 0.484. The molecule has 2 aliphatic rings. The zero-order valence-electron chi connectivity index (χ0n) is 23.4. The molecule has 0 radical (unpaired) electrons. The molecule has 4 rings (SSSR count). The number of rotatable bonds is 8. The van der Waals surface area contributed by atoms with E-state index in [1.165, 1.54) is 17.7 Å². The second-order valence-electron chi connectivity index (χ2n) is 10.1. The Bertz CT molecular complexity index is 1130. The predicted octanol–water partition coefficient (Wildman–Crippen LogP) is 5.97. The van der Waals surface area contributed by atoms with Crippen LogP contribution in [0, 0.1) is 29.3 Å². The Labute approximate surface area is 234 Å². The Balaban J connectivity index is 0.00000216. The van der Waals surface area contributed by atoms with E-state index in [0.717, 1.165) is 43.8 Å². The van der Waals surface area contributed by atoms with E-state index < -0.39 is 29.3 Å².